The van der Waals surface area contributed by atoms with Crippen molar-refractivity contribution in [2.75, 3.05) is 13.6 Å². The van der Waals surface area contributed by atoms with Crippen LogP contribution in [0.4, 0.5) is 0 Å². The van der Waals surface area contributed by atoms with Gasteiger partial charge in [0.25, 0.3) is 0 Å². The molecule has 2 aromatic carbocycles. The van der Waals surface area contributed by atoms with E-state index in [1.807, 2.05) is 7.05 Å². The highest BCUT2D eigenvalue weighted by Crippen LogP contribution is 2.39. The third kappa shape index (κ3) is 2.44. The molecule has 1 heterocycles. The number of nitrogens with one attached hydrogen (secondary N) is 1. The highest BCUT2D eigenvalue weighted by Gasteiger charge is 2.25. The fourth-order valence-electron chi connectivity index (χ4n) is 2.88. The van der Waals surface area contributed by atoms with Crippen LogP contribution < -0.4 is 10.1 Å². The molecule has 0 bridgehead atoms. The monoisotopic (exact) mass is 267 g/mol. The number of likely N-dealkylation sites (N-methyl/N-ethyl adjacent to an activating group) is 1. The first kappa shape index (κ1) is 13.2. The zero-order chi connectivity index (χ0) is 14.1. The smallest absolute Gasteiger partial charge is 0.130 e. The molecule has 1 aliphatic rings. The molecule has 0 fully saturated rings. The van der Waals surface area contributed by atoms with Crippen LogP contribution in [-0.2, 0) is 6.42 Å². The molecule has 0 amide bonds. The number of ether oxygens (including phenoxy) is 1. The molecule has 0 aromatic heterocycles. The van der Waals surface area contributed by atoms with Gasteiger partial charge >= 0.3 is 0 Å². The predicted molar refractivity (Wildman–Crippen MR) is 83.4 cm³/mol. The van der Waals surface area contributed by atoms with E-state index in [9.17, 15) is 0 Å². The Hall–Kier alpha value is -1.80. The number of hydrogen-bond donors (Lipinski definition) is 1. The van der Waals surface area contributed by atoms with Crippen LogP contribution in [-0.4, -0.2) is 19.7 Å². The molecule has 2 aromatic rings. The van der Waals surface area contributed by atoms with Gasteiger partial charge in [-0.1, -0.05) is 35.9 Å². The molecule has 2 heteroatoms. The molecule has 0 spiro atoms. The molecule has 20 heavy (non-hydrogen) atoms. The second-order valence-corrected chi connectivity index (χ2v) is 5.67. The summed E-state index contributed by atoms with van der Waals surface area (Å²) < 4.78 is 6.16. The molecule has 1 atom stereocenters. The number of benzene rings is 2. The van der Waals surface area contributed by atoms with Gasteiger partial charge < -0.3 is 10.1 Å². The highest BCUT2D eigenvalue weighted by molar-refractivity contribution is 5.74. The maximum atomic E-state index is 6.16. The van der Waals surface area contributed by atoms with Crippen LogP contribution in [0.5, 0.6) is 5.75 Å². The Morgan fingerprint density at radius 3 is 2.55 bits per heavy atom. The van der Waals surface area contributed by atoms with E-state index < -0.39 is 0 Å². The number of fused-ring (bicyclic) bond motifs is 1. The van der Waals surface area contributed by atoms with Crippen LogP contribution in [0.15, 0.2) is 36.4 Å². The summed E-state index contributed by atoms with van der Waals surface area (Å²) >= 11 is 0. The van der Waals surface area contributed by atoms with Crippen molar-refractivity contribution in [2.24, 2.45) is 0 Å². The average molecular weight is 267 g/mol. The van der Waals surface area contributed by atoms with Crippen LogP contribution in [0.1, 0.15) is 16.7 Å². The Kier molecular flexibility index (Phi) is 3.49. The van der Waals surface area contributed by atoms with Crippen LogP contribution in [0, 0.1) is 13.8 Å². The van der Waals surface area contributed by atoms with Gasteiger partial charge in [-0.15, -0.1) is 0 Å². The second-order valence-electron chi connectivity index (χ2n) is 5.67. The molecule has 3 rings (SSSR count). The second kappa shape index (κ2) is 5.29. The molecule has 2 nitrogen and oxygen atoms in total. The van der Waals surface area contributed by atoms with E-state index >= 15 is 0 Å². The molecule has 0 unspecified atom stereocenters. The van der Waals surface area contributed by atoms with Gasteiger partial charge in [0.2, 0.25) is 0 Å². The third-order valence-corrected chi connectivity index (χ3v) is 3.84. The van der Waals surface area contributed by atoms with Crippen LogP contribution in [0.2, 0.25) is 0 Å². The summed E-state index contributed by atoms with van der Waals surface area (Å²) in [7, 11) is 1.97. The van der Waals surface area contributed by atoms with Crippen LogP contribution >= 0.6 is 0 Å². The van der Waals surface area contributed by atoms with Gasteiger partial charge in [0.15, 0.2) is 0 Å². The van der Waals surface area contributed by atoms with Crippen molar-refractivity contribution in [3.63, 3.8) is 0 Å². The molecule has 0 radical (unpaired) electrons. The fraction of sp³-hybridized carbons (Fsp3) is 0.333. The van der Waals surface area contributed by atoms with Gasteiger partial charge in [0.1, 0.15) is 11.9 Å². The standard InChI is InChI=1S/C18H21NO/c1-12-4-6-14(7-5-12)17-9-13(2)8-15-10-16(11-19-3)20-18(15)17/h4-9,16,19H,10-11H2,1-3H3/t16-/m1/s1. The summed E-state index contributed by atoms with van der Waals surface area (Å²) in [5.74, 6) is 1.07. The lowest BCUT2D eigenvalue weighted by Crippen LogP contribution is -2.27. The molecule has 0 saturated heterocycles. The zero-order valence-electron chi connectivity index (χ0n) is 12.4. The molecule has 0 saturated carbocycles. The summed E-state index contributed by atoms with van der Waals surface area (Å²) in [5, 5.41) is 3.20. The Bertz CT molecular complexity index is 616. The topological polar surface area (TPSA) is 21.3 Å². The Labute approximate surface area is 120 Å². The van der Waals surface area contributed by atoms with Crippen molar-refractivity contribution in [2.45, 2.75) is 26.4 Å². The largest absolute Gasteiger partial charge is 0.488 e. The Morgan fingerprint density at radius 1 is 1.10 bits per heavy atom. The average Bonchev–Trinajstić information content (AvgIpc) is 2.81. The quantitative estimate of drug-likeness (QED) is 0.919. The van der Waals surface area contributed by atoms with Crippen LogP contribution in [0.25, 0.3) is 11.1 Å². The maximum Gasteiger partial charge on any atom is 0.130 e. The predicted octanol–water partition coefficient (Wildman–Crippen LogP) is 3.49. The van der Waals surface area contributed by atoms with Gasteiger partial charge in [-0.05, 0) is 43.7 Å². The van der Waals surface area contributed by atoms with Gasteiger partial charge in [0, 0.05) is 18.5 Å². The molecular formula is C18H21NO. The maximum absolute atomic E-state index is 6.16. The van der Waals surface area contributed by atoms with E-state index in [-0.39, 0.29) is 6.10 Å². The summed E-state index contributed by atoms with van der Waals surface area (Å²) in [6.07, 6.45) is 1.25. The Balaban J connectivity index is 2.03. The minimum Gasteiger partial charge on any atom is -0.488 e. The first-order chi connectivity index (χ1) is 9.67. The van der Waals surface area contributed by atoms with Gasteiger partial charge in [-0.25, -0.2) is 0 Å². The summed E-state index contributed by atoms with van der Waals surface area (Å²) in [4.78, 5) is 0. The molecule has 104 valence electrons. The van der Waals surface area contributed by atoms with Gasteiger partial charge in [-0.2, -0.15) is 0 Å². The lowest BCUT2D eigenvalue weighted by Gasteiger charge is -2.13. The lowest BCUT2D eigenvalue weighted by molar-refractivity contribution is 0.232. The highest BCUT2D eigenvalue weighted by atomic mass is 16.5. The molecule has 1 N–H and O–H groups in total. The van der Waals surface area contributed by atoms with Gasteiger partial charge in [-0.3, -0.25) is 0 Å². The first-order valence-corrected chi connectivity index (χ1v) is 7.19. The lowest BCUT2D eigenvalue weighted by atomic mass is 9.97. The van der Waals surface area contributed by atoms with E-state index in [1.54, 1.807) is 0 Å². The molecule has 0 aliphatic carbocycles. The van der Waals surface area contributed by atoms with E-state index in [2.05, 4.69) is 55.6 Å². The number of rotatable bonds is 3. The number of hydrogen-bond acceptors (Lipinski definition) is 2. The normalized spacial score (nSPS) is 16.9. The molecular weight excluding hydrogens is 246 g/mol. The Morgan fingerprint density at radius 2 is 1.85 bits per heavy atom. The van der Waals surface area contributed by atoms with Gasteiger partial charge in [0.05, 0.1) is 0 Å². The van der Waals surface area contributed by atoms with E-state index in [0.29, 0.717) is 0 Å². The molecule has 1 aliphatic heterocycles. The summed E-state index contributed by atoms with van der Waals surface area (Å²) in [6.45, 7) is 5.16. The summed E-state index contributed by atoms with van der Waals surface area (Å²) in [5.41, 5.74) is 6.38. The minimum atomic E-state index is 0.251. The SMILES string of the molecule is CNC[C@H]1Cc2cc(C)cc(-c3ccc(C)cc3)c2O1. The van der Waals surface area contributed by atoms with E-state index in [0.717, 1.165) is 18.7 Å². The third-order valence-electron chi connectivity index (χ3n) is 3.84. The van der Waals surface area contributed by atoms with E-state index in [1.165, 1.54) is 27.8 Å². The van der Waals surface area contributed by atoms with Crippen molar-refractivity contribution >= 4 is 0 Å². The first-order valence-electron chi connectivity index (χ1n) is 7.19. The van der Waals surface area contributed by atoms with Crippen LogP contribution in [0.3, 0.4) is 0 Å². The minimum absolute atomic E-state index is 0.251. The summed E-state index contributed by atoms with van der Waals surface area (Å²) in [6, 6.07) is 13.2. The number of aryl methyl sites for hydroxylation is 2. The van der Waals surface area contributed by atoms with Crippen molar-refractivity contribution in [1.29, 1.82) is 0 Å². The van der Waals surface area contributed by atoms with Crippen molar-refractivity contribution in [1.82, 2.24) is 5.32 Å². The van der Waals surface area contributed by atoms with Crippen molar-refractivity contribution < 1.29 is 4.74 Å². The van der Waals surface area contributed by atoms with Crippen molar-refractivity contribution in [3.8, 4) is 16.9 Å². The van der Waals surface area contributed by atoms with E-state index in [4.69, 9.17) is 4.74 Å². The zero-order valence-corrected chi connectivity index (χ0v) is 12.4. The fourth-order valence-corrected chi connectivity index (χ4v) is 2.88. The van der Waals surface area contributed by atoms with Crippen molar-refractivity contribution in [3.05, 3.63) is 53.1 Å².